The van der Waals surface area contributed by atoms with Crippen LogP contribution in [0, 0.1) is 6.92 Å². The molecule has 0 fully saturated rings. The molecule has 1 rings (SSSR count). The van der Waals surface area contributed by atoms with Gasteiger partial charge < -0.3 is 14.7 Å². The summed E-state index contributed by atoms with van der Waals surface area (Å²) in [6.07, 6.45) is -0.198. The van der Waals surface area contributed by atoms with Gasteiger partial charge in [-0.1, -0.05) is 29.8 Å². The first-order valence-electron chi connectivity index (χ1n) is 6.61. The number of carbonyl (C=O) groups is 1. The second kappa shape index (κ2) is 7.92. The second-order valence-corrected chi connectivity index (χ2v) is 4.80. The van der Waals surface area contributed by atoms with Crippen molar-refractivity contribution < 1.29 is 14.6 Å². The molecule has 19 heavy (non-hydrogen) atoms. The molecule has 0 heterocycles. The maximum atomic E-state index is 11.0. The normalized spacial score (nSPS) is 12.6. The third-order valence-corrected chi connectivity index (χ3v) is 2.95. The fraction of sp³-hybridized carbons (Fsp3) is 0.533. The molecular weight excluding hydrogens is 242 g/mol. The van der Waals surface area contributed by atoms with E-state index in [1.54, 1.807) is 0 Å². The molecule has 1 N–H and O–H groups in total. The Morgan fingerprint density at radius 3 is 2.79 bits per heavy atom. The zero-order chi connectivity index (χ0) is 14.3. The molecule has 1 unspecified atom stereocenters. The van der Waals surface area contributed by atoms with Gasteiger partial charge in [0.2, 0.25) is 0 Å². The number of aliphatic carboxylic acids is 1. The van der Waals surface area contributed by atoms with Crippen LogP contribution in [-0.2, 0) is 16.1 Å². The fourth-order valence-electron chi connectivity index (χ4n) is 2.02. The van der Waals surface area contributed by atoms with Crippen molar-refractivity contribution in [2.75, 3.05) is 20.2 Å². The highest BCUT2D eigenvalue weighted by atomic mass is 16.5. The SMILES string of the molecule is CCOC(CCN(C)Cc1cccc(C)c1)C(=O)O. The van der Waals surface area contributed by atoms with Gasteiger partial charge in [0.25, 0.3) is 0 Å². The monoisotopic (exact) mass is 265 g/mol. The highest BCUT2D eigenvalue weighted by molar-refractivity contribution is 5.72. The molecule has 0 bridgehead atoms. The van der Waals surface area contributed by atoms with Crippen molar-refractivity contribution in [2.45, 2.75) is 32.9 Å². The van der Waals surface area contributed by atoms with Crippen molar-refractivity contribution >= 4 is 5.97 Å². The van der Waals surface area contributed by atoms with Crippen molar-refractivity contribution in [3.63, 3.8) is 0 Å². The van der Waals surface area contributed by atoms with Gasteiger partial charge in [-0.15, -0.1) is 0 Å². The minimum absolute atomic E-state index is 0.429. The van der Waals surface area contributed by atoms with Crippen LogP contribution in [0.3, 0.4) is 0 Å². The lowest BCUT2D eigenvalue weighted by atomic mass is 10.1. The molecule has 0 aliphatic rings. The second-order valence-electron chi connectivity index (χ2n) is 4.80. The highest BCUT2D eigenvalue weighted by Gasteiger charge is 2.17. The van der Waals surface area contributed by atoms with E-state index in [0.29, 0.717) is 19.6 Å². The number of benzene rings is 1. The quantitative estimate of drug-likeness (QED) is 0.783. The van der Waals surface area contributed by atoms with Crippen molar-refractivity contribution in [3.05, 3.63) is 35.4 Å². The Labute approximate surface area is 115 Å². The molecular formula is C15H23NO3. The Bertz CT molecular complexity index is 406. The lowest BCUT2D eigenvalue weighted by Gasteiger charge is -2.19. The number of nitrogens with zero attached hydrogens (tertiary/aromatic N) is 1. The van der Waals surface area contributed by atoms with Gasteiger partial charge >= 0.3 is 5.97 Å². The zero-order valence-electron chi connectivity index (χ0n) is 11.9. The Kier molecular flexibility index (Phi) is 6.53. The van der Waals surface area contributed by atoms with Crippen molar-refractivity contribution in [1.29, 1.82) is 0 Å². The number of hydrogen-bond acceptors (Lipinski definition) is 3. The predicted octanol–water partition coefficient (Wildman–Crippen LogP) is 2.31. The Balaban J connectivity index is 2.42. The van der Waals surface area contributed by atoms with E-state index < -0.39 is 12.1 Å². The maximum Gasteiger partial charge on any atom is 0.332 e. The molecule has 0 amide bonds. The third kappa shape index (κ3) is 5.85. The van der Waals surface area contributed by atoms with Gasteiger partial charge in [-0.05, 0) is 32.9 Å². The summed E-state index contributed by atoms with van der Waals surface area (Å²) in [5.74, 6) is -0.884. The first-order valence-corrected chi connectivity index (χ1v) is 6.61. The van der Waals surface area contributed by atoms with Gasteiger partial charge in [-0.25, -0.2) is 4.79 Å². The number of rotatable bonds is 8. The summed E-state index contributed by atoms with van der Waals surface area (Å²) in [5.41, 5.74) is 2.48. The Hall–Kier alpha value is -1.39. The number of carboxylic acids is 1. The minimum atomic E-state index is -0.884. The molecule has 0 saturated heterocycles. The first kappa shape index (κ1) is 15.7. The third-order valence-electron chi connectivity index (χ3n) is 2.95. The molecule has 106 valence electrons. The van der Waals surface area contributed by atoms with E-state index in [-0.39, 0.29) is 0 Å². The van der Waals surface area contributed by atoms with Crippen LogP contribution in [0.4, 0.5) is 0 Å². The summed E-state index contributed by atoms with van der Waals surface area (Å²) in [6.45, 7) is 5.83. The lowest BCUT2D eigenvalue weighted by Crippen LogP contribution is -2.29. The summed E-state index contributed by atoms with van der Waals surface area (Å²) in [7, 11) is 1.99. The van der Waals surface area contributed by atoms with E-state index in [4.69, 9.17) is 9.84 Å². The minimum Gasteiger partial charge on any atom is -0.479 e. The van der Waals surface area contributed by atoms with Gasteiger partial charge in [-0.2, -0.15) is 0 Å². The van der Waals surface area contributed by atoms with Gasteiger partial charge in [0.15, 0.2) is 6.10 Å². The maximum absolute atomic E-state index is 11.0. The topological polar surface area (TPSA) is 49.8 Å². The summed E-state index contributed by atoms with van der Waals surface area (Å²) in [4.78, 5) is 13.1. The molecule has 4 heteroatoms. The number of hydrogen-bond donors (Lipinski definition) is 1. The largest absolute Gasteiger partial charge is 0.479 e. The summed E-state index contributed by atoms with van der Waals surface area (Å²) < 4.78 is 5.20. The van der Waals surface area contributed by atoms with Crippen LogP contribution in [0.15, 0.2) is 24.3 Å². The van der Waals surface area contributed by atoms with E-state index in [1.807, 2.05) is 20.0 Å². The van der Waals surface area contributed by atoms with Gasteiger partial charge in [0, 0.05) is 19.7 Å². The molecule has 1 aromatic carbocycles. The molecule has 1 atom stereocenters. The van der Waals surface area contributed by atoms with E-state index in [9.17, 15) is 4.79 Å². The first-order chi connectivity index (χ1) is 9.02. The molecule has 0 aliphatic carbocycles. The van der Waals surface area contributed by atoms with Crippen molar-refractivity contribution in [1.82, 2.24) is 4.90 Å². The van der Waals surface area contributed by atoms with Crippen LogP contribution in [0.1, 0.15) is 24.5 Å². The van der Waals surface area contributed by atoms with E-state index in [1.165, 1.54) is 11.1 Å². The fourth-order valence-corrected chi connectivity index (χ4v) is 2.02. The molecule has 4 nitrogen and oxygen atoms in total. The molecule has 0 radical (unpaired) electrons. The van der Waals surface area contributed by atoms with Crippen LogP contribution >= 0.6 is 0 Å². The molecule has 0 spiro atoms. The smallest absolute Gasteiger partial charge is 0.332 e. The van der Waals surface area contributed by atoms with E-state index in [0.717, 1.165) is 6.54 Å². The van der Waals surface area contributed by atoms with E-state index >= 15 is 0 Å². The Morgan fingerprint density at radius 1 is 1.47 bits per heavy atom. The van der Waals surface area contributed by atoms with Gasteiger partial charge in [0.05, 0.1) is 0 Å². The number of ether oxygens (including phenoxy) is 1. The van der Waals surface area contributed by atoms with Crippen LogP contribution in [0.5, 0.6) is 0 Å². The average molecular weight is 265 g/mol. The van der Waals surface area contributed by atoms with Crippen LogP contribution in [-0.4, -0.2) is 42.3 Å². The van der Waals surface area contributed by atoms with Crippen LogP contribution in [0.25, 0.3) is 0 Å². The zero-order valence-corrected chi connectivity index (χ0v) is 11.9. The predicted molar refractivity (Wildman–Crippen MR) is 75.2 cm³/mol. The highest BCUT2D eigenvalue weighted by Crippen LogP contribution is 2.08. The molecule has 0 aliphatic heterocycles. The molecule has 0 saturated carbocycles. The van der Waals surface area contributed by atoms with Gasteiger partial charge in [-0.3, -0.25) is 0 Å². The lowest BCUT2D eigenvalue weighted by molar-refractivity contribution is -0.150. The van der Waals surface area contributed by atoms with Gasteiger partial charge in [0.1, 0.15) is 0 Å². The summed E-state index contributed by atoms with van der Waals surface area (Å²) in [6, 6.07) is 8.34. The summed E-state index contributed by atoms with van der Waals surface area (Å²) >= 11 is 0. The van der Waals surface area contributed by atoms with Crippen LogP contribution in [0.2, 0.25) is 0 Å². The molecule has 0 aromatic heterocycles. The number of carboxylic acid groups (broad SMARTS) is 1. The van der Waals surface area contributed by atoms with Crippen LogP contribution < -0.4 is 0 Å². The van der Waals surface area contributed by atoms with E-state index in [2.05, 4.69) is 30.0 Å². The average Bonchev–Trinajstić information content (AvgIpc) is 2.34. The Morgan fingerprint density at radius 2 is 2.21 bits per heavy atom. The number of aryl methyl sites for hydroxylation is 1. The molecule has 1 aromatic rings. The summed E-state index contributed by atoms with van der Waals surface area (Å²) in [5, 5.41) is 9.00. The van der Waals surface area contributed by atoms with Crippen molar-refractivity contribution in [3.8, 4) is 0 Å². The standard InChI is InChI=1S/C15H23NO3/c1-4-19-14(15(17)18)8-9-16(3)11-13-7-5-6-12(2)10-13/h5-7,10,14H,4,8-9,11H2,1-3H3,(H,17,18). The van der Waals surface area contributed by atoms with Crippen molar-refractivity contribution in [2.24, 2.45) is 0 Å².